The number of hydrogen-bond acceptors (Lipinski definition) is 3. The van der Waals surface area contributed by atoms with Crippen LogP contribution in [0.3, 0.4) is 0 Å². The fourth-order valence-corrected chi connectivity index (χ4v) is 2.46. The lowest BCUT2D eigenvalue weighted by atomic mass is 10.1. The van der Waals surface area contributed by atoms with E-state index in [-0.39, 0.29) is 0 Å². The van der Waals surface area contributed by atoms with Gasteiger partial charge in [0.05, 0.1) is 17.1 Å². The number of benzene rings is 1. The third kappa shape index (κ3) is 1.68. The zero-order valence-corrected chi connectivity index (χ0v) is 11.5. The van der Waals surface area contributed by atoms with Gasteiger partial charge in [-0.25, -0.2) is 0 Å². The van der Waals surface area contributed by atoms with Crippen LogP contribution in [0.5, 0.6) is 5.75 Å². The summed E-state index contributed by atoms with van der Waals surface area (Å²) in [4.78, 5) is 4.03. The van der Waals surface area contributed by atoms with Gasteiger partial charge in [-0.3, -0.25) is 4.98 Å². The number of fused-ring (bicyclic) bond motifs is 1. The molecule has 2 rings (SSSR count). The maximum absolute atomic E-state index is 9.00. The maximum Gasteiger partial charge on any atom is 0.134 e. The van der Waals surface area contributed by atoms with E-state index in [1.807, 2.05) is 6.07 Å². The van der Waals surface area contributed by atoms with Gasteiger partial charge in [0, 0.05) is 27.6 Å². The Bertz CT molecular complexity index is 605. The Labute approximate surface area is 109 Å². The van der Waals surface area contributed by atoms with E-state index in [9.17, 15) is 0 Å². The van der Waals surface area contributed by atoms with Gasteiger partial charge in [-0.1, -0.05) is 0 Å². The molecule has 0 radical (unpaired) electrons. The highest BCUT2D eigenvalue weighted by atomic mass is 79.9. The first-order valence-electron chi connectivity index (χ1n) is 4.39. The van der Waals surface area contributed by atoms with Crippen molar-refractivity contribution in [3.63, 3.8) is 0 Å². The van der Waals surface area contributed by atoms with Crippen LogP contribution in [-0.2, 0) is 0 Å². The fourth-order valence-electron chi connectivity index (χ4n) is 1.46. The highest BCUT2D eigenvalue weighted by Gasteiger charge is 2.12. The van der Waals surface area contributed by atoms with E-state index in [0.29, 0.717) is 11.3 Å². The minimum atomic E-state index is 0.531. The molecule has 0 aliphatic rings. The van der Waals surface area contributed by atoms with Crippen LogP contribution in [0.25, 0.3) is 10.8 Å². The third-order valence-electron chi connectivity index (χ3n) is 2.25. The van der Waals surface area contributed by atoms with Crippen LogP contribution in [-0.4, -0.2) is 12.1 Å². The summed E-state index contributed by atoms with van der Waals surface area (Å²) in [5, 5.41) is 10.7. The molecule has 0 saturated carbocycles. The molecule has 0 atom stereocenters. The molecule has 0 spiro atoms. The van der Waals surface area contributed by atoms with Gasteiger partial charge in [-0.2, -0.15) is 5.26 Å². The molecule has 16 heavy (non-hydrogen) atoms. The zero-order valence-electron chi connectivity index (χ0n) is 8.29. The standard InChI is InChI=1S/C11H6Br2N2O/c1-16-9-2-7-6(3-14)4-15-5-8(7)10(12)11(9)13/h2,4-5H,1H3. The van der Waals surface area contributed by atoms with E-state index in [1.54, 1.807) is 19.5 Å². The smallest absolute Gasteiger partial charge is 0.134 e. The molecular formula is C11H6Br2N2O. The summed E-state index contributed by atoms with van der Waals surface area (Å²) in [6, 6.07) is 3.94. The molecule has 1 aromatic heterocycles. The molecule has 1 heterocycles. The number of methoxy groups -OCH3 is 1. The number of aromatic nitrogens is 1. The molecule has 0 N–H and O–H groups in total. The van der Waals surface area contributed by atoms with Crippen molar-refractivity contribution in [2.24, 2.45) is 0 Å². The second kappa shape index (κ2) is 4.40. The van der Waals surface area contributed by atoms with Gasteiger partial charge in [0.1, 0.15) is 11.8 Å². The van der Waals surface area contributed by atoms with Crippen molar-refractivity contribution < 1.29 is 4.74 Å². The molecule has 0 unspecified atom stereocenters. The van der Waals surface area contributed by atoms with Crippen molar-refractivity contribution in [1.29, 1.82) is 5.26 Å². The van der Waals surface area contributed by atoms with Crippen LogP contribution in [0.4, 0.5) is 0 Å². The molecule has 1 aromatic carbocycles. The van der Waals surface area contributed by atoms with Crippen LogP contribution in [0.15, 0.2) is 27.4 Å². The van der Waals surface area contributed by atoms with Crippen molar-refractivity contribution in [1.82, 2.24) is 4.98 Å². The third-order valence-corrected chi connectivity index (χ3v) is 4.39. The summed E-state index contributed by atoms with van der Waals surface area (Å²) in [5.41, 5.74) is 0.531. The molecule has 0 bridgehead atoms. The second-order valence-corrected chi connectivity index (χ2v) is 4.69. The molecule has 3 nitrogen and oxygen atoms in total. The lowest BCUT2D eigenvalue weighted by Crippen LogP contribution is -1.90. The zero-order chi connectivity index (χ0) is 11.7. The summed E-state index contributed by atoms with van der Waals surface area (Å²) in [6.45, 7) is 0. The van der Waals surface area contributed by atoms with Crippen molar-refractivity contribution in [3.05, 3.63) is 33.0 Å². The molecular weight excluding hydrogens is 336 g/mol. The predicted octanol–water partition coefficient (Wildman–Crippen LogP) is 3.64. The Balaban J connectivity index is 2.94. The Morgan fingerprint density at radius 2 is 2.00 bits per heavy atom. The minimum absolute atomic E-state index is 0.531. The number of hydrogen-bond donors (Lipinski definition) is 0. The number of halogens is 2. The quantitative estimate of drug-likeness (QED) is 0.795. The van der Waals surface area contributed by atoms with Gasteiger partial charge in [0.15, 0.2) is 0 Å². The van der Waals surface area contributed by atoms with Crippen LogP contribution in [0.1, 0.15) is 5.56 Å². The Morgan fingerprint density at radius 1 is 1.25 bits per heavy atom. The van der Waals surface area contributed by atoms with Crippen molar-refractivity contribution in [2.45, 2.75) is 0 Å². The van der Waals surface area contributed by atoms with Crippen LogP contribution >= 0.6 is 31.9 Å². The minimum Gasteiger partial charge on any atom is -0.496 e. The number of nitriles is 1. The van der Waals surface area contributed by atoms with Crippen molar-refractivity contribution >= 4 is 42.6 Å². The van der Waals surface area contributed by atoms with Gasteiger partial charge >= 0.3 is 0 Å². The van der Waals surface area contributed by atoms with E-state index >= 15 is 0 Å². The Kier molecular flexibility index (Phi) is 3.13. The summed E-state index contributed by atoms with van der Waals surface area (Å²) in [6.07, 6.45) is 3.26. The highest BCUT2D eigenvalue weighted by Crippen LogP contribution is 2.39. The molecule has 80 valence electrons. The molecule has 0 aliphatic heterocycles. The Morgan fingerprint density at radius 3 is 2.62 bits per heavy atom. The largest absolute Gasteiger partial charge is 0.496 e. The number of rotatable bonds is 1. The van der Waals surface area contributed by atoms with E-state index in [4.69, 9.17) is 10.00 Å². The van der Waals surface area contributed by atoms with E-state index in [1.165, 1.54) is 0 Å². The first kappa shape index (κ1) is 11.4. The first-order valence-corrected chi connectivity index (χ1v) is 5.97. The van der Waals surface area contributed by atoms with Crippen LogP contribution < -0.4 is 4.74 Å². The van der Waals surface area contributed by atoms with Gasteiger partial charge in [-0.15, -0.1) is 0 Å². The Hall–Kier alpha value is -1.12. The first-order chi connectivity index (χ1) is 7.69. The summed E-state index contributed by atoms with van der Waals surface area (Å²) in [5.74, 6) is 0.682. The van der Waals surface area contributed by atoms with Crippen molar-refractivity contribution in [3.8, 4) is 11.8 Å². The van der Waals surface area contributed by atoms with Gasteiger partial charge in [0.2, 0.25) is 0 Å². The monoisotopic (exact) mass is 340 g/mol. The molecule has 0 fully saturated rings. The van der Waals surface area contributed by atoms with E-state index in [2.05, 4.69) is 42.9 Å². The average Bonchev–Trinajstić information content (AvgIpc) is 2.33. The average molecular weight is 342 g/mol. The highest BCUT2D eigenvalue weighted by molar-refractivity contribution is 9.13. The second-order valence-electron chi connectivity index (χ2n) is 3.10. The predicted molar refractivity (Wildman–Crippen MR) is 68.4 cm³/mol. The topological polar surface area (TPSA) is 45.9 Å². The van der Waals surface area contributed by atoms with Crippen LogP contribution in [0, 0.1) is 11.3 Å². The SMILES string of the molecule is COc1cc2c(C#N)cncc2c(Br)c1Br. The summed E-state index contributed by atoms with van der Waals surface area (Å²) < 4.78 is 6.88. The summed E-state index contributed by atoms with van der Waals surface area (Å²) >= 11 is 6.88. The molecule has 0 aliphatic carbocycles. The number of pyridine rings is 1. The molecule has 0 saturated heterocycles. The number of ether oxygens (including phenoxy) is 1. The van der Waals surface area contributed by atoms with E-state index in [0.717, 1.165) is 19.7 Å². The number of nitrogens with zero attached hydrogens (tertiary/aromatic N) is 2. The van der Waals surface area contributed by atoms with E-state index < -0.39 is 0 Å². The van der Waals surface area contributed by atoms with Gasteiger partial charge in [-0.05, 0) is 37.9 Å². The maximum atomic E-state index is 9.00. The van der Waals surface area contributed by atoms with Gasteiger partial charge < -0.3 is 4.74 Å². The van der Waals surface area contributed by atoms with Crippen LogP contribution in [0.2, 0.25) is 0 Å². The lowest BCUT2D eigenvalue weighted by Gasteiger charge is -2.09. The normalized spacial score (nSPS) is 10.1. The molecule has 0 amide bonds. The summed E-state index contributed by atoms with van der Waals surface area (Å²) in [7, 11) is 1.59. The molecule has 5 heteroatoms. The van der Waals surface area contributed by atoms with Gasteiger partial charge in [0.25, 0.3) is 0 Å². The lowest BCUT2D eigenvalue weighted by molar-refractivity contribution is 0.412. The van der Waals surface area contributed by atoms with Crippen molar-refractivity contribution in [2.75, 3.05) is 7.11 Å². The fraction of sp³-hybridized carbons (Fsp3) is 0.0909. The molecule has 2 aromatic rings.